The zero-order chi connectivity index (χ0) is 18.2. The van der Waals surface area contributed by atoms with Crippen LogP contribution in [-0.4, -0.2) is 69.3 Å². The quantitative estimate of drug-likeness (QED) is 0.906. The van der Waals surface area contributed by atoms with Crippen molar-refractivity contribution in [1.82, 2.24) is 20.0 Å². The summed E-state index contributed by atoms with van der Waals surface area (Å²) in [4.78, 5) is 16.7. The average Bonchev–Trinajstić information content (AvgIpc) is 2.76. The number of fused-ring (bicyclic) bond motifs is 1. The molecular weight excluding hydrogens is 316 g/mol. The third-order valence-corrected chi connectivity index (χ3v) is 6.71. The Hall–Kier alpha value is -1.53. The van der Waals surface area contributed by atoms with Crippen molar-refractivity contribution in [1.29, 1.82) is 0 Å². The molecule has 1 saturated heterocycles. The molecule has 2 heterocycles. The molecule has 0 bridgehead atoms. The molecule has 3 rings (SSSR count). The van der Waals surface area contributed by atoms with Crippen molar-refractivity contribution < 1.29 is 9.90 Å². The van der Waals surface area contributed by atoms with Gasteiger partial charge in [0.15, 0.2) is 5.69 Å². The summed E-state index contributed by atoms with van der Waals surface area (Å²) in [6.45, 7) is 4.86. The highest BCUT2D eigenvalue weighted by Gasteiger charge is 2.57. The molecule has 1 amide bonds. The first-order chi connectivity index (χ1) is 11.8. The Labute approximate surface area is 150 Å². The Morgan fingerprint density at radius 3 is 2.88 bits per heavy atom. The summed E-state index contributed by atoms with van der Waals surface area (Å²) in [6.07, 6.45) is 6.68. The van der Waals surface area contributed by atoms with Gasteiger partial charge in [-0.1, -0.05) is 19.8 Å². The van der Waals surface area contributed by atoms with Crippen molar-refractivity contribution in [3.63, 3.8) is 0 Å². The van der Waals surface area contributed by atoms with E-state index >= 15 is 0 Å². The molecule has 0 spiro atoms. The SMILES string of the molecule is CN(C[C@H]1C[C@]2(C)[C@@H](CCCC[C@]2(C)O)N1C)C(=O)c1cccnn1. The average molecular weight is 346 g/mol. The monoisotopic (exact) mass is 346 g/mol. The topological polar surface area (TPSA) is 69.6 Å². The molecule has 1 aliphatic carbocycles. The summed E-state index contributed by atoms with van der Waals surface area (Å²) < 4.78 is 0. The number of hydrogen-bond donors (Lipinski definition) is 1. The highest BCUT2D eigenvalue weighted by atomic mass is 16.3. The second kappa shape index (κ2) is 6.65. The van der Waals surface area contributed by atoms with Crippen molar-refractivity contribution in [2.75, 3.05) is 20.6 Å². The Kier molecular flexibility index (Phi) is 4.86. The first-order valence-electron chi connectivity index (χ1n) is 9.24. The fourth-order valence-electron chi connectivity index (χ4n) is 4.87. The summed E-state index contributed by atoms with van der Waals surface area (Å²) in [7, 11) is 3.96. The molecule has 25 heavy (non-hydrogen) atoms. The van der Waals surface area contributed by atoms with E-state index in [2.05, 4.69) is 29.1 Å². The maximum absolute atomic E-state index is 12.6. The van der Waals surface area contributed by atoms with Gasteiger partial charge in [-0.3, -0.25) is 9.69 Å². The molecule has 1 N–H and O–H groups in total. The highest BCUT2D eigenvalue weighted by Crippen LogP contribution is 2.52. The van der Waals surface area contributed by atoms with Crippen molar-refractivity contribution >= 4 is 5.91 Å². The first-order valence-corrected chi connectivity index (χ1v) is 9.24. The van der Waals surface area contributed by atoms with Crippen molar-refractivity contribution in [3.05, 3.63) is 24.0 Å². The minimum Gasteiger partial charge on any atom is -0.390 e. The summed E-state index contributed by atoms with van der Waals surface area (Å²) in [5.74, 6) is -0.106. The van der Waals surface area contributed by atoms with Crippen LogP contribution in [0, 0.1) is 5.41 Å². The molecule has 2 aliphatic rings. The molecule has 6 heteroatoms. The van der Waals surface area contributed by atoms with Gasteiger partial charge in [0.05, 0.1) is 5.60 Å². The lowest BCUT2D eigenvalue weighted by atomic mass is 9.67. The molecule has 0 unspecified atom stereocenters. The summed E-state index contributed by atoms with van der Waals surface area (Å²) in [5.41, 5.74) is -0.428. The lowest BCUT2D eigenvalue weighted by Crippen LogP contribution is -2.50. The molecule has 1 aromatic rings. The zero-order valence-corrected chi connectivity index (χ0v) is 15.8. The molecule has 1 aromatic heterocycles. The number of aromatic nitrogens is 2. The van der Waals surface area contributed by atoms with Gasteiger partial charge >= 0.3 is 0 Å². The Morgan fingerprint density at radius 1 is 1.44 bits per heavy atom. The normalized spacial score (nSPS) is 35.9. The third-order valence-electron chi connectivity index (χ3n) is 6.71. The van der Waals surface area contributed by atoms with Gasteiger partial charge in [0.25, 0.3) is 5.91 Å². The number of carbonyl (C=O) groups excluding carboxylic acids is 1. The van der Waals surface area contributed by atoms with Crippen LogP contribution in [0.1, 0.15) is 56.4 Å². The van der Waals surface area contributed by atoms with Gasteiger partial charge in [-0.25, -0.2) is 0 Å². The minimum atomic E-state index is -0.662. The molecule has 138 valence electrons. The molecule has 1 aliphatic heterocycles. The van der Waals surface area contributed by atoms with Crippen LogP contribution in [0.3, 0.4) is 0 Å². The molecule has 4 atom stereocenters. The maximum atomic E-state index is 12.6. The predicted molar refractivity (Wildman–Crippen MR) is 96.1 cm³/mol. The van der Waals surface area contributed by atoms with Gasteiger partial charge in [0, 0.05) is 37.3 Å². The predicted octanol–water partition coefficient (Wildman–Crippen LogP) is 1.95. The highest BCUT2D eigenvalue weighted by molar-refractivity contribution is 5.91. The number of rotatable bonds is 3. The van der Waals surface area contributed by atoms with E-state index in [0.717, 1.165) is 32.1 Å². The van der Waals surface area contributed by atoms with Crippen LogP contribution in [-0.2, 0) is 0 Å². The first kappa shape index (κ1) is 18.3. The van der Waals surface area contributed by atoms with Crippen molar-refractivity contribution in [3.8, 4) is 0 Å². The number of carbonyl (C=O) groups is 1. The van der Waals surface area contributed by atoms with Crippen LogP contribution in [0.25, 0.3) is 0 Å². The lowest BCUT2D eigenvalue weighted by molar-refractivity contribution is -0.0754. The van der Waals surface area contributed by atoms with E-state index in [1.807, 2.05) is 14.0 Å². The summed E-state index contributed by atoms with van der Waals surface area (Å²) in [5, 5.41) is 18.8. The van der Waals surface area contributed by atoms with Gasteiger partial charge in [-0.15, -0.1) is 5.10 Å². The maximum Gasteiger partial charge on any atom is 0.274 e. The van der Waals surface area contributed by atoms with Crippen molar-refractivity contribution in [2.45, 2.75) is 63.6 Å². The van der Waals surface area contributed by atoms with E-state index in [1.165, 1.54) is 0 Å². The Balaban J connectivity index is 1.75. The van der Waals surface area contributed by atoms with E-state index in [4.69, 9.17) is 0 Å². The summed E-state index contributed by atoms with van der Waals surface area (Å²) >= 11 is 0. The number of aliphatic hydroxyl groups is 1. The van der Waals surface area contributed by atoms with E-state index in [-0.39, 0.29) is 17.4 Å². The number of hydrogen-bond acceptors (Lipinski definition) is 5. The standard InChI is InChI=1S/C19H30N4O2/c1-18-12-14(13-22(3)17(24)15-8-7-11-20-21-15)23(4)16(18)9-5-6-10-19(18,2)25/h7-8,11,14,16,25H,5-6,9-10,12-13H2,1-4H3/t14-,16-,18-,19+/m1/s1. The van der Waals surface area contributed by atoms with E-state index < -0.39 is 5.60 Å². The largest absolute Gasteiger partial charge is 0.390 e. The zero-order valence-electron chi connectivity index (χ0n) is 15.8. The van der Waals surface area contributed by atoms with Crippen LogP contribution >= 0.6 is 0 Å². The number of nitrogens with zero attached hydrogens (tertiary/aromatic N) is 4. The van der Waals surface area contributed by atoms with E-state index in [9.17, 15) is 9.90 Å². The molecule has 2 fully saturated rings. The fourth-order valence-corrected chi connectivity index (χ4v) is 4.87. The molecule has 6 nitrogen and oxygen atoms in total. The van der Waals surface area contributed by atoms with E-state index in [1.54, 1.807) is 23.2 Å². The van der Waals surface area contributed by atoms with E-state index in [0.29, 0.717) is 18.3 Å². The lowest BCUT2D eigenvalue weighted by Gasteiger charge is -2.43. The van der Waals surface area contributed by atoms with Crippen molar-refractivity contribution in [2.24, 2.45) is 5.41 Å². The minimum absolute atomic E-state index is 0.106. The smallest absolute Gasteiger partial charge is 0.274 e. The number of likely N-dealkylation sites (N-methyl/N-ethyl adjacent to an activating group) is 2. The molecule has 0 aromatic carbocycles. The van der Waals surface area contributed by atoms with Gasteiger partial charge in [-0.05, 0) is 45.4 Å². The summed E-state index contributed by atoms with van der Waals surface area (Å²) in [6, 6.07) is 4.02. The second-order valence-corrected chi connectivity index (χ2v) is 8.27. The van der Waals surface area contributed by atoms with Crippen LogP contribution in [0.5, 0.6) is 0 Å². The second-order valence-electron chi connectivity index (χ2n) is 8.27. The number of likely N-dealkylation sites (tertiary alicyclic amines) is 1. The molecule has 0 radical (unpaired) electrons. The fraction of sp³-hybridized carbons (Fsp3) is 0.737. The van der Waals surface area contributed by atoms with Crippen LogP contribution in [0.4, 0.5) is 0 Å². The van der Waals surface area contributed by atoms with Gasteiger partial charge < -0.3 is 10.0 Å². The number of amides is 1. The molecule has 1 saturated carbocycles. The van der Waals surface area contributed by atoms with Gasteiger partial charge in [-0.2, -0.15) is 5.10 Å². The Morgan fingerprint density at radius 2 is 2.20 bits per heavy atom. The van der Waals surface area contributed by atoms with Gasteiger partial charge in [0.2, 0.25) is 0 Å². The Bertz CT molecular complexity index is 621. The molecular formula is C19H30N4O2. The van der Waals surface area contributed by atoms with Crippen LogP contribution in [0.15, 0.2) is 18.3 Å². The van der Waals surface area contributed by atoms with Gasteiger partial charge in [0.1, 0.15) is 0 Å². The van der Waals surface area contributed by atoms with Crippen LogP contribution < -0.4 is 0 Å². The third kappa shape index (κ3) is 3.17. The van der Waals surface area contributed by atoms with Crippen LogP contribution in [0.2, 0.25) is 0 Å².